The van der Waals surface area contributed by atoms with Crippen molar-refractivity contribution in [2.75, 3.05) is 31.1 Å². The number of hydrogen-bond acceptors (Lipinski definition) is 3. The third-order valence-corrected chi connectivity index (χ3v) is 5.36. The van der Waals surface area contributed by atoms with Gasteiger partial charge in [0.2, 0.25) is 5.91 Å². The Morgan fingerprint density at radius 3 is 2.32 bits per heavy atom. The molecule has 4 nitrogen and oxygen atoms in total. The smallest absolute Gasteiger partial charge is 0.233 e. The van der Waals surface area contributed by atoms with Crippen molar-refractivity contribution in [1.82, 2.24) is 9.88 Å². The molecule has 0 atom stereocenters. The highest BCUT2D eigenvalue weighted by Crippen LogP contribution is 2.49. The van der Waals surface area contributed by atoms with Gasteiger partial charge in [0.15, 0.2) is 0 Å². The second-order valence-corrected chi connectivity index (χ2v) is 7.07. The first-order valence-electron chi connectivity index (χ1n) is 8.51. The van der Waals surface area contributed by atoms with E-state index in [0.29, 0.717) is 18.2 Å². The predicted molar refractivity (Wildman–Crippen MR) is 95.4 cm³/mol. The third kappa shape index (κ3) is 3.09. The molecule has 2 aliphatic rings. The van der Waals surface area contributed by atoms with Gasteiger partial charge in [0.05, 0.1) is 5.41 Å². The molecule has 1 saturated carbocycles. The lowest BCUT2D eigenvalue weighted by molar-refractivity contribution is -0.134. The van der Waals surface area contributed by atoms with Crippen molar-refractivity contribution in [2.45, 2.75) is 18.3 Å². The number of hydrogen-bond donors (Lipinski definition) is 0. The Kier molecular flexibility index (Phi) is 4.12. The largest absolute Gasteiger partial charge is 0.353 e. The molecule has 2 aromatic rings. The quantitative estimate of drug-likeness (QED) is 0.789. The fraction of sp³-hybridized carbons (Fsp3) is 0.368. The van der Waals surface area contributed by atoms with E-state index in [1.165, 1.54) is 12.1 Å². The van der Waals surface area contributed by atoms with Crippen molar-refractivity contribution >= 4 is 23.3 Å². The summed E-state index contributed by atoms with van der Waals surface area (Å²) in [5, 5.41) is 0.476. The molecule has 2 fully saturated rings. The molecular weight excluding hydrogens is 341 g/mol. The maximum absolute atomic E-state index is 13.2. The maximum Gasteiger partial charge on any atom is 0.233 e. The molecule has 1 saturated heterocycles. The third-order valence-electron chi connectivity index (χ3n) is 5.15. The molecule has 1 aromatic heterocycles. The SMILES string of the molecule is O=C(N1CCN(c2cccc(Cl)n2)CC1)C1(c2ccc(F)cc2)CC1. The molecule has 1 aliphatic carbocycles. The van der Waals surface area contributed by atoms with E-state index in [4.69, 9.17) is 11.6 Å². The predicted octanol–water partition coefficient (Wildman–Crippen LogP) is 3.25. The summed E-state index contributed by atoms with van der Waals surface area (Å²) in [4.78, 5) is 21.5. The van der Waals surface area contributed by atoms with Crippen LogP contribution in [0.3, 0.4) is 0 Å². The van der Waals surface area contributed by atoms with Crippen LogP contribution < -0.4 is 4.90 Å². The molecule has 25 heavy (non-hydrogen) atoms. The van der Waals surface area contributed by atoms with Crippen LogP contribution in [0.5, 0.6) is 0 Å². The van der Waals surface area contributed by atoms with E-state index >= 15 is 0 Å². The molecule has 1 aromatic carbocycles. The fourth-order valence-corrected chi connectivity index (χ4v) is 3.69. The minimum atomic E-state index is -0.440. The number of carbonyl (C=O) groups is 1. The van der Waals surface area contributed by atoms with Crippen LogP contribution in [0.1, 0.15) is 18.4 Å². The zero-order chi connectivity index (χ0) is 17.4. The number of benzene rings is 1. The second-order valence-electron chi connectivity index (χ2n) is 6.69. The van der Waals surface area contributed by atoms with Crippen LogP contribution in [-0.2, 0) is 10.2 Å². The zero-order valence-electron chi connectivity index (χ0n) is 13.8. The lowest BCUT2D eigenvalue weighted by Crippen LogP contribution is -2.51. The van der Waals surface area contributed by atoms with Crippen LogP contribution in [0.15, 0.2) is 42.5 Å². The first-order valence-corrected chi connectivity index (χ1v) is 8.89. The summed E-state index contributed by atoms with van der Waals surface area (Å²) in [7, 11) is 0. The van der Waals surface area contributed by atoms with Gasteiger partial charge in [-0.2, -0.15) is 0 Å². The van der Waals surface area contributed by atoms with Crippen LogP contribution in [0.25, 0.3) is 0 Å². The normalized spacial score (nSPS) is 19.0. The first-order chi connectivity index (χ1) is 12.1. The maximum atomic E-state index is 13.2. The highest BCUT2D eigenvalue weighted by atomic mass is 35.5. The number of carbonyl (C=O) groups excluding carboxylic acids is 1. The minimum absolute atomic E-state index is 0.165. The van der Waals surface area contributed by atoms with E-state index in [0.717, 1.165) is 37.3 Å². The van der Waals surface area contributed by atoms with Crippen LogP contribution in [0.2, 0.25) is 5.15 Å². The summed E-state index contributed by atoms with van der Waals surface area (Å²) >= 11 is 5.96. The van der Waals surface area contributed by atoms with Crippen molar-refractivity contribution in [1.29, 1.82) is 0 Å². The first kappa shape index (κ1) is 16.3. The average Bonchev–Trinajstić information content (AvgIpc) is 3.44. The van der Waals surface area contributed by atoms with E-state index in [1.54, 1.807) is 18.2 Å². The Bertz CT molecular complexity index is 784. The number of aromatic nitrogens is 1. The van der Waals surface area contributed by atoms with Gasteiger partial charge < -0.3 is 9.80 Å². The van der Waals surface area contributed by atoms with Crippen molar-refractivity contribution in [2.24, 2.45) is 0 Å². The van der Waals surface area contributed by atoms with Gasteiger partial charge in [0, 0.05) is 26.2 Å². The molecule has 1 amide bonds. The second kappa shape index (κ2) is 6.30. The number of amides is 1. The fourth-order valence-electron chi connectivity index (χ4n) is 3.53. The van der Waals surface area contributed by atoms with E-state index in [1.807, 2.05) is 17.0 Å². The van der Waals surface area contributed by atoms with Gasteiger partial charge in [-0.15, -0.1) is 0 Å². The molecule has 2 heterocycles. The molecule has 130 valence electrons. The van der Waals surface area contributed by atoms with Gasteiger partial charge in [-0.3, -0.25) is 4.79 Å². The van der Waals surface area contributed by atoms with Crippen LogP contribution >= 0.6 is 11.6 Å². The number of halogens is 2. The van der Waals surface area contributed by atoms with Crippen molar-refractivity contribution in [3.05, 3.63) is 59.0 Å². The van der Waals surface area contributed by atoms with Gasteiger partial charge >= 0.3 is 0 Å². The monoisotopic (exact) mass is 359 g/mol. The van der Waals surface area contributed by atoms with Gasteiger partial charge in [0.25, 0.3) is 0 Å². The Morgan fingerprint density at radius 1 is 1.04 bits per heavy atom. The Morgan fingerprint density at radius 2 is 1.72 bits per heavy atom. The van der Waals surface area contributed by atoms with E-state index in [9.17, 15) is 9.18 Å². The molecular formula is C19H19ClFN3O. The van der Waals surface area contributed by atoms with Crippen LogP contribution in [0, 0.1) is 5.82 Å². The Labute approximate surface area is 151 Å². The van der Waals surface area contributed by atoms with E-state index in [2.05, 4.69) is 9.88 Å². The number of rotatable bonds is 3. The topological polar surface area (TPSA) is 36.4 Å². The average molecular weight is 360 g/mol. The molecule has 0 N–H and O–H groups in total. The summed E-state index contributed by atoms with van der Waals surface area (Å²) in [5.74, 6) is 0.742. The number of nitrogens with zero attached hydrogens (tertiary/aromatic N) is 3. The standard InChI is InChI=1S/C19H19ClFN3O/c20-16-2-1-3-17(22-16)23-10-12-24(13-11-23)18(25)19(8-9-19)14-4-6-15(21)7-5-14/h1-7H,8-13H2. The summed E-state index contributed by atoms with van der Waals surface area (Å²) in [6, 6.07) is 11.9. The lowest BCUT2D eigenvalue weighted by atomic mass is 9.94. The summed E-state index contributed by atoms with van der Waals surface area (Å²) in [6.07, 6.45) is 1.68. The van der Waals surface area contributed by atoms with Crippen molar-refractivity contribution in [3.8, 4) is 0 Å². The van der Waals surface area contributed by atoms with Gasteiger partial charge in [-0.25, -0.2) is 9.37 Å². The van der Waals surface area contributed by atoms with Crippen LogP contribution in [0.4, 0.5) is 10.2 Å². The number of anilines is 1. The number of pyridine rings is 1. The zero-order valence-corrected chi connectivity index (χ0v) is 14.5. The molecule has 1 aliphatic heterocycles. The minimum Gasteiger partial charge on any atom is -0.353 e. The van der Waals surface area contributed by atoms with Crippen LogP contribution in [-0.4, -0.2) is 42.0 Å². The Hall–Kier alpha value is -2.14. The molecule has 0 unspecified atom stereocenters. The molecule has 0 bridgehead atoms. The highest BCUT2D eigenvalue weighted by molar-refractivity contribution is 6.29. The lowest BCUT2D eigenvalue weighted by Gasteiger charge is -2.37. The van der Waals surface area contributed by atoms with Crippen molar-refractivity contribution in [3.63, 3.8) is 0 Å². The van der Waals surface area contributed by atoms with E-state index in [-0.39, 0.29) is 11.7 Å². The van der Waals surface area contributed by atoms with Gasteiger partial charge in [-0.05, 0) is 42.7 Å². The van der Waals surface area contributed by atoms with Gasteiger partial charge in [0.1, 0.15) is 16.8 Å². The van der Waals surface area contributed by atoms with E-state index < -0.39 is 5.41 Å². The van der Waals surface area contributed by atoms with Gasteiger partial charge in [-0.1, -0.05) is 29.8 Å². The summed E-state index contributed by atoms with van der Waals surface area (Å²) in [5.41, 5.74) is 0.488. The Balaban J connectivity index is 1.44. The highest BCUT2D eigenvalue weighted by Gasteiger charge is 2.53. The molecule has 0 radical (unpaired) electrons. The molecule has 6 heteroatoms. The molecule has 0 spiro atoms. The number of piperazine rings is 1. The summed E-state index contributed by atoms with van der Waals surface area (Å²) in [6.45, 7) is 2.79. The van der Waals surface area contributed by atoms with Crippen molar-refractivity contribution < 1.29 is 9.18 Å². The summed E-state index contributed by atoms with van der Waals surface area (Å²) < 4.78 is 13.2. The molecule has 4 rings (SSSR count).